The monoisotopic (exact) mass is 222 g/mol. The first-order valence-electron chi connectivity index (χ1n) is 4.78. The second-order valence-corrected chi connectivity index (χ2v) is 5.66. The summed E-state index contributed by atoms with van der Waals surface area (Å²) in [6.07, 6.45) is 1.77. The highest BCUT2D eigenvalue weighted by Gasteiger charge is 2.26. The average Bonchev–Trinajstić information content (AvgIpc) is 2.15. The predicted molar refractivity (Wildman–Crippen MR) is 54.4 cm³/mol. The second-order valence-electron chi connectivity index (χ2n) is 3.57. The van der Waals surface area contributed by atoms with Crippen LogP contribution in [0.3, 0.4) is 0 Å². The van der Waals surface area contributed by atoms with Crippen molar-refractivity contribution in [1.29, 1.82) is 0 Å². The summed E-state index contributed by atoms with van der Waals surface area (Å²) in [6.45, 7) is 1.29. The number of nitrogens with two attached hydrogens (primary N) is 1. The molecule has 0 bridgehead atoms. The lowest BCUT2D eigenvalue weighted by Gasteiger charge is -2.29. The topological polar surface area (TPSA) is 72.6 Å². The van der Waals surface area contributed by atoms with Crippen LogP contribution < -0.4 is 5.73 Å². The molecule has 1 aliphatic heterocycles. The molecule has 5 nitrogen and oxygen atoms in total. The van der Waals surface area contributed by atoms with Gasteiger partial charge in [0.1, 0.15) is 0 Å². The highest BCUT2D eigenvalue weighted by atomic mass is 32.2. The molecule has 0 radical (unpaired) electrons. The zero-order valence-electron chi connectivity index (χ0n) is 8.48. The Labute approximate surface area is 85.3 Å². The number of hydrogen-bond donors (Lipinski definition) is 1. The van der Waals surface area contributed by atoms with E-state index >= 15 is 0 Å². The number of hydrogen-bond acceptors (Lipinski definition) is 4. The molecule has 1 saturated heterocycles. The first kappa shape index (κ1) is 11.9. The molecule has 0 aromatic heterocycles. The summed E-state index contributed by atoms with van der Waals surface area (Å²) < 4.78 is 29.6. The smallest absolute Gasteiger partial charge is 0.216 e. The van der Waals surface area contributed by atoms with E-state index in [0.29, 0.717) is 13.1 Å². The number of methoxy groups -OCH3 is 1. The van der Waals surface area contributed by atoms with Crippen molar-refractivity contribution >= 4 is 10.0 Å². The van der Waals surface area contributed by atoms with Gasteiger partial charge in [-0.2, -0.15) is 0 Å². The molecule has 1 atom stereocenters. The molecule has 0 aromatic rings. The Morgan fingerprint density at radius 1 is 1.57 bits per heavy atom. The largest absolute Gasteiger partial charge is 0.384 e. The van der Waals surface area contributed by atoms with Crippen LogP contribution in [0.2, 0.25) is 0 Å². The number of sulfonamides is 1. The van der Waals surface area contributed by atoms with E-state index in [1.165, 1.54) is 11.4 Å². The summed E-state index contributed by atoms with van der Waals surface area (Å²) in [5.74, 6) is 0.0518. The van der Waals surface area contributed by atoms with Gasteiger partial charge in [-0.3, -0.25) is 0 Å². The Bertz CT molecular complexity index is 266. The molecule has 0 amide bonds. The molecule has 1 aliphatic rings. The van der Waals surface area contributed by atoms with Crippen LogP contribution in [-0.2, 0) is 14.8 Å². The van der Waals surface area contributed by atoms with Crippen molar-refractivity contribution in [3.05, 3.63) is 0 Å². The van der Waals surface area contributed by atoms with E-state index in [-0.39, 0.29) is 18.4 Å². The third-order valence-corrected chi connectivity index (χ3v) is 4.16. The van der Waals surface area contributed by atoms with E-state index in [9.17, 15) is 8.42 Å². The van der Waals surface area contributed by atoms with Gasteiger partial charge in [-0.05, 0) is 12.8 Å². The van der Waals surface area contributed by atoms with Gasteiger partial charge in [0, 0.05) is 26.2 Å². The van der Waals surface area contributed by atoms with Crippen molar-refractivity contribution in [1.82, 2.24) is 4.31 Å². The van der Waals surface area contributed by atoms with Gasteiger partial charge in [0.25, 0.3) is 0 Å². The minimum absolute atomic E-state index is 0.0129. The molecule has 0 aliphatic carbocycles. The van der Waals surface area contributed by atoms with Crippen molar-refractivity contribution in [2.75, 3.05) is 32.6 Å². The standard InChI is InChI=1S/C8H18N2O3S/c1-13-5-6-14(11,12)10-4-2-3-8(9)7-10/h8H,2-7,9H2,1H3/t8-/m1/s1. The van der Waals surface area contributed by atoms with E-state index in [0.717, 1.165) is 12.8 Å². The average molecular weight is 222 g/mol. The first-order chi connectivity index (χ1) is 6.56. The van der Waals surface area contributed by atoms with Gasteiger partial charge in [-0.25, -0.2) is 12.7 Å². The maximum atomic E-state index is 11.7. The maximum Gasteiger partial charge on any atom is 0.216 e. The summed E-state index contributed by atoms with van der Waals surface area (Å²) in [4.78, 5) is 0. The lowest BCUT2D eigenvalue weighted by atomic mass is 10.1. The highest BCUT2D eigenvalue weighted by Crippen LogP contribution is 2.12. The van der Waals surface area contributed by atoms with E-state index in [4.69, 9.17) is 10.5 Å². The Hall–Kier alpha value is -0.170. The Balaban J connectivity index is 2.53. The molecule has 6 heteroatoms. The number of rotatable bonds is 4. The van der Waals surface area contributed by atoms with Gasteiger partial charge in [0.05, 0.1) is 12.4 Å². The van der Waals surface area contributed by atoms with Crippen LogP contribution in [-0.4, -0.2) is 51.3 Å². The lowest BCUT2D eigenvalue weighted by Crippen LogP contribution is -2.46. The lowest BCUT2D eigenvalue weighted by molar-refractivity contribution is 0.214. The molecule has 2 N–H and O–H groups in total. The van der Waals surface area contributed by atoms with E-state index in [1.54, 1.807) is 0 Å². The first-order valence-corrected chi connectivity index (χ1v) is 6.39. The van der Waals surface area contributed by atoms with Crippen molar-refractivity contribution in [3.63, 3.8) is 0 Å². The summed E-state index contributed by atoms with van der Waals surface area (Å²) >= 11 is 0. The van der Waals surface area contributed by atoms with Gasteiger partial charge >= 0.3 is 0 Å². The molecular formula is C8H18N2O3S. The zero-order valence-corrected chi connectivity index (χ0v) is 9.29. The summed E-state index contributed by atoms with van der Waals surface area (Å²) in [5.41, 5.74) is 5.71. The fourth-order valence-electron chi connectivity index (χ4n) is 1.54. The van der Waals surface area contributed by atoms with Crippen molar-refractivity contribution in [3.8, 4) is 0 Å². The van der Waals surface area contributed by atoms with Crippen LogP contribution in [0.15, 0.2) is 0 Å². The van der Waals surface area contributed by atoms with E-state index < -0.39 is 10.0 Å². The van der Waals surface area contributed by atoms with Gasteiger partial charge in [-0.1, -0.05) is 0 Å². The van der Waals surface area contributed by atoms with Crippen molar-refractivity contribution < 1.29 is 13.2 Å². The maximum absolute atomic E-state index is 11.7. The van der Waals surface area contributed by atoms with Crippen LogP contribution in [0.1, 0.15) is 12.8 Å². The fraction of sp³-hybridized carbons (Fsp3) is 1.00. The Kier molecular flexibility index (Phi) is 4.31. The highest BCUT2D eigenvalue weighted by molar-refractivity contribution is 7.89. The minimum Gasteiger partial charge on any atom is -0.384 e. The van der Waals surface area contributed by atoms with Crippen LogP contribution in [0.4, 0.5) is 0 Å². The molecule has 0 unspecified atom stereocenters. The third kappa shape index (κ3) is 3.20. The van der Waals surface area contributed by atoms with E-state index in [1.807, 2.05) is 0 Å². The molecule has 1 heterocycles. The predicted octanol–water partition coefficient (Wildman–Crippen LogP) is -0.614. The summed E-state index contributed by atoms with van der Waals surface area (Å²) in [6, 6.07) is -0.0129. The Morgan fingerprint density at radius 2 is 2.29 bits per heavy atom. The molecule has 0 spiro atoms. The molecular weight excluding hydrogens is 204 g/mol. The number of ether oxygens (including phenoxy) is 1. The van der Waals surface area contributed by atoms with Gasteiger partial charge in [-0.15, -0.1) is 0 Å². The molecule has 0 saturated carbocycles. The minimum atomic E-state index is -3.15. The number of piperidine rings is 1. The molecule has 1 rings (SSSR count). The molecule has 0 aromatic carbocycles. The normalized spacial score (nSPS) is 25.1. The van der Waals surface area contributed by atoms with Crippen LogP contribution in [0.25, 0.3) is 0 Å². The van der Waals surface area contributed by atoms with E-state index in [2.05, 4.69) is 0 Å². The fourth-order valence-corrected chi connectivity index (χ4v) is 3.01. The Morgan fingerprint density at radius 3 is 2.86 bits per heavy atom. The van der Waals surface area contributed by atoms with Gasteiger partial charge in [0.2, 0.25) is 10.0 Å². The van der Waals surface area contributed by atoms with Crippen molar-refractivity contribution in [2.24, 2.45) is 5.73 Å². The quantitative estimate of drug-likeness (QED) is 0.688. The molecule has 1 fully saturated rings. The van der Waals surface area contributed by atoms with Gasteiger partial charge in [0.15, 0.2) is 0 Å². The van der Waals surface area contributed by atoms with Gasteiger partial charge < -0.3 is 10.5 Å². The number of nitrogens with zero attached hydrogens (tertiary/aromatic N) is 1. The molecule has 84 valence electrons. The SMILES string of the molecule is COCCS(=O)(=O)N1CCC[C@@H](N)C1. The van der Waals surface area contributed by atoms with Crippen LogP contribution >= 0.6 is 0 Å². The van der Waals surface area contributed by atoms with Crippen LogP contribution in [0.5, 0.6) is 0 Å². The molecule has 14 heavy (non-hydrogen) atoms. The third-order valence-electron chi connectivity index (χ3n) is 2.36. The summed E-state index contributed by atoms with van der Waals surface area (Å²) in [7, 11) is -1.65. The van der Waals surface area contributed by atoms with Crippen LogP contribution in [0, 0.1) is 0 Å². The summed E-state index contributed by atoms with van der Waals surface area (Å²) in [5, 5.41) is 0. The second kappa shape index (κ2) is 5.06. The van der Waals surface area contributed by atoms with Crippen molar-refractivity contribution in [2.45, 2.75) is 18.9 Å². The zero-order chi connectivity index (χ0) is 10.6.